The second-order valence-electron chi connectivity index (χ2n) is 3.96. The molecule has 1 atom stereocenters. The molecule has 2 N–H and O–H groups in total. The Hall–Kier alpha value is -0.120. The van der Waals surface area contributed by atoms with E-state index in [4.69, 9.17) is 9.84 Å². The van der Waals surface area contributed by atoms with Gasteiger partial charge in [0, 0.05) is 13.2 Å². The normalized spacial score (nSPS) is 14.5. The molecule has 0 aromatic heterocycles. The monoisotopic (exact) mass is 189 g/mol. The molecule has 0 radical (unpaired) electrons. The fourth-order valence-electron chi connectivity index (χ4n) is 1.02. The van der Waals surface area contributed by atoms with Gasteiger partial charge in [-0.05, 0) is 33.2 Å². The molecule has 0 aliphatic rings. The van der Waals surface area contributed by atoms with Crippen molar-refractivity contribution in [1.29, 1.82) is 0 Å². The lowest BCUT2D eigenvalue weighted by Crippen LogP contribution is -2.36. The third-order valence-electron chi connectivity index (χ3n) is 2.43. The molecule has 0 amide bonds. The largest absolute Gasteiger partial charge is 0.395 e. The number of rotatable bonds is 7. The van der Waals surface area contributed by atoms with E-state index in [-0.39, 0.29) is 18.2 Å². The van der Waals surface area contributed by atoms with E-state index in [0.29, 0.717) is 0 Å². The van der Waals surface area contributed by atoms with Crippen LogP contribution in [0.1, 0.15) is 33.6 Å². The first-order chi connectivity index (χ1) is 6.05. The van der Waals surface area contributed by atoms with Crippen LogP contribution in [0.4, 0.5) is 0 Å². The number of aliphatic hydroxyl groups excluding tert-OH is 1. The highest BCUT2D eigenvalue weighted by atomic mass is 16.5. The van der Waals surface area contributed by atoms with Crippen molar-refractivity contribution < 1.29 is 9.84 Å². The Morgan fingerprint density at radius 1 is 1.46 bits per heavy atom. The summed E-state index contributed by atoms with van der Waals surface area (Å²) in [6.45, 7) is 7.29. The lowest BCUT2D eigenvalue weighted by molar-refractivity contribution is 0.0149. The van der Waals surface area contributed by atoms with Crippen LogP contribution < -0.4 is 5.32 Å². The molecule has 3 nitrogen and oxygen atoms in total. The Kier molecular flexibility index (Phi) is 6.29. The highest BCUT2D eigenvalue weighted by molar-refractivity contribution is 4.71. The van der Waals surface area contributed by atoms with Gasteiger partial charge in [-0.1, -0.05) is 6.92 Å². The molecule has 0 spiro atoms. The minimum absolute atomic E-state index is 0.0687. The van der Waals surface area contributed by atoms with Gasteiger partial charge in [0.15, 0.2) is 0 Å². The molecule has 0 aromatic rings. The van der Waals surface area contributed by atoms with Crippen LogP contribution in [0.2, 0.25) is 0 Å². The van der Waals surface area contributed by atoms with Crippen LogP contribution in [-0.2, 0) is 4.74 Å². The minimum atomic E-state index is -0.0687. The summed E-state index contributed by atoms with van der Waals surface area (Å²) in [4.78, 5) is 0. The molecular formula is C10H23NO2. The van der Waals surface area contributed by atoms with E-state index in [9.17, 15) is 0 Å². The lowest BCUT2D eigenvalue weighted by Gasteiger charge is -2.24. The molecule has 0 aliphatic carbocycles. The number of hydrogen-bond donors (Lipinski definition) is 2. The molecule has 0 aliphatic heterocycles. The van der Waals surface area contributed by atoms with Crippen LogP contribution in [-0.4, -0.2) is 37.0 Å². The first-order valence-electron chi connectivity index (χ1n) is 4.95. The smallest absolute Gasteiger partial charge is 0.0634 e. The lowest BCUT2D eigenvalue weighted by atomic mass is 10.1. The zero-order chi connectivity index (χ0) is 10.3. The van der Waals surface area contributed by atoms with Gasteiger partial charge in [0.1, 0.15) is 0 Å². The van der Waals surface area contributed by atoms with Crippen molar-refractivity contribution in [3.63, 3.8) is 0 Å². The van der Waals surface area contributed by atoms with Gasteiger partial charge in [-0.3, -0.25) is 0 Å². The maximum absolute atomic E-state index is 8.92. The topological polar surface area (TPSA) is 41.5 Å². The van der Waals surface area contributed by atoms with Crippen molar-refractivity contribution in [2.75, 3.05) is 20.3 Å². The van der Waals surface area contributed by atoms with Crippen LogP contribution in [0, 0.1) is 0 Å². The maximum Gasteiger partial charge on any atom is 0.0634 e. The third-order valence-corrected chi connectivity index (χ3v) is 2.43. The fourth-order valence-corrected chi connectivity index (χ4v) is 1.02. The van der Waals surface area contributed by atoms with Gasteiger partial charge >= 0.3 is 0 Å². The summed E-state index contributed by atoms with van der Waals surface area (Å²) in [7, 11) is 1.73. The fraction of sp³-hybridized carbons (Fsp3) is 1.00. The van der Waals surface area contributed by atoms with E-state index in [2.05, 4.69) is 26.1 Å². The van der Waals surface area contributed by atoms with Crippen molar-refractivity contribution in [3.8, 4) is 0 Å². The average Bonchev–Trinajstić information content (AvgIpc) is 2.12. The van der Waals surface area contributed by atoms with Gasteiger partial charge in [0.2, 0.25) is 0 Å². The quantitative estimate of drug-likeness (QED) is 0.631. The van der Waals surface area contributed by atoms with Crippen LogP contribution in [0.5, 0.6) is 0 Å². The summed E-state index contributed by atoms with van der Waals surface area (Å²) in [6, 6.07) is 0.229. The standard InChI is InChI=1S/C10H23NO2/c1-5-9(8-12)11-7-6-10(2,3)13-4/h9,11-12H,5-8H2,1-4H3/t9-/m1/s1. The van der Waals surface area contributed by atoms with Gasteiger partial charge in [0.25, 0.3) is 0 Å². The van der Waals surface area contributed by atoms with Crippen LogP contribution in [0.15, 0.2) is 0 Å². The highest BCUT2D eigenvalue weighted by Crippen LogP contribution is 2.11. The molecule has 0 rings (SSSR count). The molecule has 0 unspecified atom stereocenters. The molecule has 0 fully saturated rings. The van der Waals surface area contributed by atoms with Crippen molar-refractivity contribution in [1.82, 2.24) is 5.32 Å². The van der Waals surface area contributed by atoms with E-state index in [1.807, 2.05) is 0 Å². The second kappa shape index (κ2) is 6.35. The van der Waals surface area contributed by atoms with Gasteiger partial charge < -0.3 is 15.2 Å². The Morgan fingerprint density at radius 3 is 2.46 bits per heavy atom. The summed E-state index contributed by atoms with van der Waals surface area (Å²) in [5.41, 5.74) is -0.0687. The number of aliphatic hydroxyl groups is 1. The predicted molar refractivity (Wildman–Crippen MR) is 54.9 cm³/mol. The number of nitrogens with one attached hydrogen (secondary N) is 1. The van der Waals surface area contributed by atoms with Crippen molar-refractivity contribution in [3.05, 3.63) is 0 Å². The Morgan fingerprint density at radius 2 is 2.08 bits per heavy atom. The molecule has 0 saturated carbocycles. The predicted octanol–water partition coefficient (Wildman–Crippen LogP) is 1.16. The average molecular weight is 189 g/mol. The zero-order valence-corrected chi connectivity index (χ0v) is 9.26. The molecule has 0 aromatic carbocycles. The molecule has 0 saturated heterocycles. The number of ether oxygens (including phenoxy) is 1. The Labute approximate surface area is 81.5 Å². The molecule has 3 heteroatoms. The van der Waals surface area contributed by atoms with Gasteiger partial charge in [-0.15, -0.1) is 0 Å². The van der Waals surface area contributed by atoms with Gasteiger partial charge in [-0.25, -0.2) is 0 Å². The van der Waals surface area contributed by atoms with E-state index in [1.54, 1.807) is 7.11 Å². The zero-order valence-electron chi connectivity index (χ0n) is 9.26. The van der Waals surface area contributed by atoms with Crippen LogP contribution in [0.25, 0.3) is 0 Å². The molecule has 0 bridgehead atoms. The maximum atomic E-state index is 8.92. The summed E-state index contributed by atoms with van der Waals surface area (Å²) in [5, 5.41) is 12.2. The Bertz CT molecular complexity index is 122. The van der Waals surface area contributed by atoms with Crippen LogP contribution >= 0.6 is 0 Å². The first-order valence-corrected chi connectivity index (χ1v) is 4.95. The van der Waals surface area contributed by atoms with Gasteiger partial charge in [0.05, 0.1) is 12.2 Å². The van der Waals surface area contributed by atoms with Crippen molar-refractivity contribution in [2.45, 2.75) is 45.3 Å². The van der Waals surface area contributed by atoms with E-state index >= 15 is 0 Å². The van der Waals surface area contributed by atoms with E-state index in [0.717, 1.165) is 19.4 Å². The SMILES string of the molecule is CC[C@H](CO)NCCC(C)(C)OC. The molecule has 80 valence electrons. The molecule has 13 heavy (non-hydrogen) atoms. The van der Waals surface area contributed by atoms with Crippen molar-refractivity contribution >= 4 is 0 Å². The molecule has 0 heterocycles. The first kappa shape index (κ1) is 12.9. The molecular weight excluding hydrogens is 166 g/mol. The van der Waals surface area contributed by atoms with Gasteiger partial charge in [-0.2, -0.15) is 0 Å². The minimum Gasteiger partial charge on any atom is -0.395 e. The van der Waals surface area contributed by atoms with E-state index in [1.165, 1.54) is 0 Å². The van der Waals surface area contributed by atoms with E-state index < -0.39 is 0 Å². The summed E-state index contributed by atoms with van der Waals surface area (Å²) >= 11 is 0. The highest BCUT2D eigenvalue weighted by Gasteiger charge is 2.15. The number of methoxy groups -OCH3 is 1. The summed E-state index contributed by atoms with van der Waals surface area (Å²) < 4.78 is 5.28. The summed E-state index contributed by atoms with van der Waals surface area (Å²) in [5.74, 6) is 0. The third kappa shape index (κ3) is 6.02. The Balaban J connectivity index is 3.54. The van der Waals surface area contributed by atoms with Crippen LogP contribution in [0.3, 0.4) is 0 Å². The summed E-state index contributed by atoms with van der Waals surface area (Å²) in [6.07, 6.45) is 1.92. The van der Waals surface area contributed by atoms with Crippen molar-refractivity contribution in [2.24, 2.45) is 0 Å². The second-order valence-corrected chi connectivity index (χ2v) is 3.96. The number of hydrogen-bond acceptors (Lipinski definition) is 3.